The van der Waals surface area contributed by atoms with Crippen molar-refractivity contribution in [3.63, 3.8) is 0 Å². The fraction of sp³-hybridized carbons (Fsp3) is 0.154. The van der Waals surface area contributed by atoms with Gasteiger partial charge in [-0.15, -0.1) is 0 Å². The summed E-state index contributed by atoms with van der Waals surface area (Å²) in [6, 6.07) is 8.78. The number of alkyl halides is 3. The molecule has 20 heavy (non-hydrogen) atoms. The van der Waals surface area contributed by atoms with Crippen molar-refractivity contribution >= 4 is 9.84 Å². The molecule has 0 aliphatic rings. The minimum atomic E-state index is -4.58. The molecule has 0 aliphatic carbocycles. The molecule has 0 unspecified atom stereocenters. The van der Waals surface area contributed by atoms with Crippen molar-refractivity contribution in [1.82, 2.24) is 4.98 Å². The van der Waals surface area contributed by atoms with Gasteiger partial charge < -0.3 is 0 Å². The summed E-state index contributed by atoms with van der Waals surface area (Å²) in [7, 11) is -3.72. The van der Waals surface area contributed by atoms with Crippen LogP contribution in [0.25, 0.3) is 11.1 Å². The van der Waals surface area contributed by atoms with Crippen molar-refractivity contribution in [2.45, 2.75) is 11.2 Å². The number of rotatable bonds is 2. The van der Waals surface area contributed by atoms with Crippen LogP contribution in [0.1, 0.15) is 5.56 Å². The second-order valence-electron chi connectivity index (χ2n) is 4.21. The molecule has 0 saturated carbocycles. The van der Waals surface area contributed by atoms with E-state index >= 15 is 0 Å². The lowest BCUT2D eigenvalue weighted by molar-refractivity contribution is -0.137. The van der Waals surface area contributed by atoms with Crippen LogP contribution >= 0.6 is 0 Å². The highest BCUT2D eigenvalue weighted by Gasteiger charge is 2.32. The predicted octanol–water partition coefficient (Wildman–Crippen LogP) is 3.17. The zero-order chi connectivity index (χ0) is 15.0. The molecule has 0 fully saturated rings. The van der Waals surface area contributed by atoms with Gasteiger partial charge >= 0.3 is 6.18 Å². The van der Waals surface area contributed by atoms with E-state index in [4.69, 9.17) is 0 Å². The van der Waals surface area contributed by atoms with Crippen LogP contribution in [0.2, 0.25) is 0 Å². The summed E-state index contributed by atoms with van der Waals surface area (Å²) in [5.74, 6) is 0. The molecule has 1 aromatic heterocycles. The number of nitrogens with zero attached hydrogens (tertiary/aromatic N) is 1. The highest BCUT2D eigenvalue weighted by molar-refractivity contribution is 7.90. The molecule has 0 amide bonds. The Kier molecular flexibility index (Phi) is 3.56. The van der Waals surface area contributed by atoms with Crippen molar-refractivity contribution in [2.24, 2.45) is 0 Å². The van der Waals surface area contributed by atoms with E-state index in [1.165, 1.54) is 12.1 Å². The van der Waals surface area contributed by atoms with E-state index in [0.29, 0.717) is 11.8 Å². The Balaban J connectivity index is 2.74. The van der Waals surface area contributed by atoms with Crippen molar-refractivity contribution < 1.29 is 21.6 Å². The normalized spacial score (nSPS) is 12.4. The topological polar surface area (TPSA) is 47.0 Å². The quantitative estimate of drug-likeness (QED) is 0.856. The highest BCUT2D eigenvalue weighted by Crippen LogP contribution is 2.34. The lowest BCUT2D eigenvalue weighted by Gasteiger charge is -2.11. The largest absolute Gasteiger partial charge is 0.417 e. The Bertz CT molecular complexity index is 725. The van der Waals surface area contributed by atoms with Crippen LogP contribution in [0.15, 0.2) is 47.6 Å². The van der Waals surface area contributed by atoms with Gasteiger partial charge in [0.1, 0.15) is 0 Å². The molecule has 0 bridgehead atoms. The lowest BCUT2D eigenvalue weighted by Crippen LogP contribution is -2.10. The van der Waals surface area contributed by atoms with E-state index in [1.54, 1.807) is 18.2 Å². The van der Waals surface area contributed by atoms with Gasteiger partial charge in [0.15, 0.2) is 14.9 Å². The molecule has 106 valence electrons. The fourth-order valence-electron chi connectivity index (χ4n) is 1.73. The molecule has 0 atom stereocenters. The van der Waals surface area contributed by atoms with Crippen LogP contribution in [0.3, 0.4) is 0 Å². The van der Waals surface area contributed by atoms with Crippen LogP contribution in [0.5, 0.6) is 0 Å². The summed E-state index contributed by atoms with van der Waals surface area (Å²) in [5.41, 5.74) is -0.668. The third kappa shape index (κ3) is 2.98. The van der Waals surface area contributed by atoms with Gasteiger partial charge in [0.05, 0.1) is 5.56 Å². The maximum atomic E-state index is 12.7. The van der Waals surface area contributed by atoms with Crippen LogP contribution in [0.4, 0.5) is 13.2 Å². The zero-order valence-corrected chi connectivity index (χ0v) is 11.2. The van der Waals surface area contributed by atoms with Crippen molar-refractivity contribution in [3.05, 3.63) is 48.2 Å². The van der Waals surface area contributed by atoms with E-state index in [2.05, 4.69) is 4.98 Å². The Morgan fingerprint density at radius 2 is 1.70 bits per heavy atom. The van der Waals surface area contributed by atoms with Crippen molar-refractivity contribution in [1.29, 1.82) is 0 Å². The Labute approximate surface area is 114 Å². The summed E-state index contributed by atoms with van der Waals surface area (Å²) in [5, 5.41) is -0.364. The maximum absolute atomic E-state index is 12.7. The number of hydrogen-bond acceptors (Lipinski definition) is 3. The number of pyridine rings is 1. The summed E-state index contributed by atoms with van der Waals surface area (Å²) < 4.78 is 61.5. The van der Waals surface area contributed by atoms with E-state index in [1.807, 2.05) is 0 Å². The molecule has 0 N–H and O–H groups in total. The Morgan fingerprint density at radius 1 is 1.10 bits per heavy atom. The summed E-state index contributed by atoms with van der Waals surface area (Å²) in [6.07, 6.45) is -3.13. The molecule has 2 aromatic rings. The Morgan fingerprint density at radius 3 is 2.20 bits per heavy atom. The standard InChI is InChI=1S/C13H10F3NO2S/c1-20(18,19)12-11(9-5-3-2-4-6-9)7-10(8-17-12)13(14,15)16/h2-8H,1H3. The van der Waals surface area contributed by atoms with Gasteiger partial charge in [-0.05, 0) is 11.6 Å². The van der Waals surface area contributed by atoms with E-state index < -0.39 is 21.6 Å². The van der Waals surface area contributed by atoms with Gasteiger partial charge in [0.25, 0.3) is 0 Å². The minimum Gasteiger partial charge on any atom is -0.244 e. The van der Waals surface area contributed by atoms with E-state index in [-0.39, 0.29) is 10.6 Å². The Hall–Kier alpha value is -1.89. The van der Waals surface area contributed by atoms with E-state index in [9.17, 15) is 21.6 Å². The molecule has 7 heteroatoms. The van der Waals surface area contributed by atoms with Gasteiger partial charge in [-0.1, -0.05) is 30.3 Å². The molecular weight excluding hydrogens is 291 g/mol. The highest BCUT2D eigenvalue weighted by atomic mass is 32.2. The fourth-order valence-corrected chi connectivity index (χ4v) is 2.55. The first-order valence-corrected chi connectivity index (χ1v) is 7.41. The molecule has 0 spiro atoms. The first-order valence-electron chi connectivity index (χ1n) is 5.52. The predicted molar refractivity (Wildman–Crippen MR) is 67.8 cm³/mol. The van der Waals surface area contributed by atoms with Crippen LogP contribution in [0, 0.1) is 0 Å². The molecule has 0 aliphatic heterocycles. The minimum absolute atomic E-state index is 0.0528. The van der Waals surface area contributed by atoms with Gasteiger partial charge in [-0.2, -0.15) is 13.2 Å². The zero-order valence-electron chi connectivity index (χ0n) is 10.3. The molecule has 1 aromatic carbocycles. The second-order valence-corrected chi connectivity index (χ2v) is 6.14. The van der Waals surface area contributed by atoms with Gasteiger partial charge in [0.2, 0.25) is 0 Å². The first-order chi connectivity index (χ1) is 9.19. The van der Waals surface area contributed by atoms with Gasteiger partial charge in [-0.3, -0.25) is 0 Å². The van der Waals surface area contributed by atoms with Crippen LogP contribution in [-0.4, -0.2) is 19.7 Å². The number of benzene rings is 1. The van der Waals surface area contributed by atoms with E-state index in [0.717, 1.165) is 12.3 Å². The maximum Gasteiger partial charge on any atom is 0.417 e. The SMILES string of the molecule is CS(=O)(=O)c1ncc(C(F)(F)F)cc1-c1ccccc1. The summed E-state index contributed by atoms with van der Waals surface area (Å²) in [6.45, 7) is 0. The number of halogens is 3. The van der Waals surface area contributed by atoms with Crippen molar-refractivity contribution in [3.8, 4) is 11.1 Å². The monoisotopic (exact) mass is 301 g/mol. The number of aromatic nitrogens is 1. The van der Waals surface area contributed by atoms with Gasteiger partial charge in [0, 0.05) is 18.0 Å². The third-order valence-electron chi connectivity index (χ3n) is 2.61. The average molecular weight is 301 g/mol. The lowest BCUT2D eigenvalue weighted by atomic mass is 10.1. The van der Waals surface area contributed by atoms with Gasteiger partial charge in [-0.25, -0.2) is 13.4 Å². The molecule has 1 heterocycles. The van der Waals surface area contributed by atoms with Crippen LogP contribution in [-0.2, 0) is 16.0 Å². The average Bonchev–Trinajstić information content (AvgIpc) is 2.37. The smallest absolute Gasteiger partial charge is 0.244 e. The number of hydrogen-bond donors (Lipinski definition) is 0. The summed E-state index contributed by atoms with van der Waals surface area (Å²) >= 11 is 0. The molecule has 0 radical (unpaired) electrons. The molecule has 3 nitrogen and oxygen atoms in total. The first kappa shape index (κ1) is 14.5. The second kappa shape index (κ2) is 4.90. The van der Waals surface area contributed by atoms with Crippen LogP contribution < -0.4 is 0 Å². The third-order valence-corrected chi connectivity index (χ3v) is 3.64. The molecular formula is C13H10F3NO2S. The molecule has 0 saturated heterocycles. The molecule has 2 rings (SSSR count). The number of sulfone groups is 1. The van der Waals surface area contributed by atoms with Crippen molar-refractivity contribution in [2.75, 3.05) is 6.26 Å². The summed E-state index contributed by atoms with van der Waals surface area (Å²) in [4.78, 5) is 3.48.